The molecule has 0 radical (unpaired) electrons. The first-order valence-electron chi connectivity index (χ1n) is 8.21. The molecule has 22 heavy (non-hydrogen) atoms. The van der Waals surface area contributed by atoms with E-state index >= 15 is 0 Å². The first-order valence-corrected chi connectivity index (χ1v) is 8.21. The molecule has 0 spiro atoms. The van der Waals surface area contributed by atoms with Gasteiger partial charge in [0.05, 0.1) is 6.61 Å². The molecule has 1 aromatic carbocycles. The highest BCUT2D eigenvalue weighted by Crippen LogP contribution is 2.37. The molecule has 0 saturated heterocycles. The maximum absolute atomic E-state index is 12.0. The summed E-state index contributed by atoms with van der Waals surface area (Å²) in [7, 11) is 0. The minimum atomic E-state index is -4.25. The molecule has 1 fully saturated rings. The molecule has 1 saturated carbocycles. The molecule has 1 aromatic rings. The molecule has 0 bridgehead atoms. The normalized spacial score (nSPS) is 22.7. The van der Waals surface area contributed by atoms with Gasteiger partial charge in [-0.3, -0.25) is 0 Å². The number of alkyl halides is 3. The van der Waals surface area contributed by atoms with Crippen LogP contribution in [0.4, 0.5) is 13.2 Å². The van der Waals surface area contributed by atoms with Gasteiger partial charge < -0.3 is 4.74 Å². The number of benzene rings is 1. The van der Waals surface area contributed by atoms with Gasteiger partial charge in [0.25, 0.3) is 0 Å². The average molecular weight is 314 g/mol. The van der Waals surface area contributed by atoms with E-state index < -0.39 is 12.8 Å². The van der Waals surface area contributed by atoms with Crippen LogP contribution >= 0.6 is 0 Å². The number of hydrogen-bond acceptors (Lipinski definition) is 1. The lowest BCUT2D eigenvalue weighted by molar-refractivity contribution is -0.176. The van der Waals surface area contributed by atoms with Crippen molar-refractivity contribution >= 4 is 0 Å². The largest absolute Gasteiger partial charge is 0.411 e. The second kappa shape index (κ2) is 8.00. The lowest BCUT2D eigenvalue weighted by Crippen LogP contribution is -2.16. The molecule has 1 aliphatic carbocycles. The highest BCUT2D eigenvalue weighted by molar-refractivity contribution is 5.25. The summed E-state index contributed by atoms with van der Waals surface area (Å²) in [6, 6.07) is 7.89. The Morgan fingerprint density at radius 1 is 1.05 bits per heavy atom. The first kappa shape index (κ1) is 17.3. The van der Waals surface area contributed by atoms with Crippen molar-refractivity contribution in [3.05, 3.63) is 35.4 Å². The smallest absolute Gasteiger partial charge is 0.367 e. The van der Waals surface area contributed by atoms with Crippen molar-refractivity contribution in [3.8, 4) is 0 Å². The van der Waals surface area contributed by atoms with Gasteiger partial charge in [0.2, 0.25) is 0 Å². The highest BCUT2D eigenvalue weighted by atomic mass is 19.4. The van der Waals surface area contributed by atoms with Crippen LogP contribution in [0.5, 0.6) is 0 Å². The Kier molecular flexibility index (Phi) is 6.30. The van der Waals surface area contributed by atoms with Crippen molar-refractivity contribution in [1.29, 1.82) is 0 Å². The van der Waals surface area contributed by atoms with Gasteiger partial charge in [-0.2, -0.15) is 13.2 Å². The summed E-state index contributed by atoms with van der Waals surface area (Å²) in [4.78, 5) is 0. The SMILES string of the molecule is CCCC1CCC(c2ccc(COCC(F)(F)F)cc2)CC1. The Bertz CT molecular complexity index is 431. The Morgan fingerprint density at radius 3 is 2.23 bits per heavy atom. The van der Waals surface area contributed by atoms with Gasteiger partial charge in [0, 0.05) is 0 Å². The van der Waals surface area contributed by atoms with Crippen LogP contribution in [-0.4, -0.2) is 12.8 Å². The fourth-order valence-corrected chi connectivity index (χ4v) is 3.36. The minimum absolute atomic E-state index is 0.0169. The van der Waals surface area contributed by atoms with Crippen LogP contribution in [0.15, 0.2) is 24.3 Å². The Labute approximate surface area is 130 Å². The molecule has 0 aliphatic heterocycles. The monoisotopic (exact) mass is 314 g/mol. The summed E-state index contributed by atoms with van der Waals surface area (Å²) in [5, 5.41) is 0. The predicted octanol–water partition coefficient (Wildman–Crippen LogP) is 5.84. The highest BCUT2D eigenvalue weighted by Gasteiger charge is 2.27. The van der Waals surface area contributed by atoms with Gasteiger partial charge in [-0.05, 0) is 48.6 Å². The maximum atomic E-state index is 12.0. The lowest BCUT2D eigenvalue weighted by atomic mass is 9.77. The molecule has 0 aromatic heterocycles. The molecule has 0 unspecified atom stereocenters. The van der Waals surface area contributed by atoms with Crippen molar-refractivity contribution in [1.82, 2.24) is 0 Å². The molecule has 1 nitrogen and oxygen atoms in total. The van der Waals surface area contributed by atoms with E-state index in [4.69, 9.17) is 0 Å². The second-order valence-electron chi connectivity index (χ2n) is 6.36. The van der Waals surface area contributed by atoms with E-state index in [-0.39, 0.29) is 6.61 Å². The summed E-state index contributed by atoms with van der Waals surface area (Å²) in [5.41, 5.74) is 2.11. The van der Waals surface area contributed by atoms with Crippen molar-refractivity contribution in [2.24, 2.45) is 5.92 Å². The Hall–Kier alpha value is -1.03. The lowest BCUT2D eigenvalue weighted by Gasteiger charge is -2.28. The van der Waals surface area contributed by atoms with E-state index in [1.165, 1.54) is 44.1 Å². The molecule has 0 atom stereocenters. The van der Waals surface area contributed by atoms with Gasteiger partial charge >= 0.3 is 6.18 Å². The first-order chi connectivity index (χ1) is 10.5. The number of ether oxygens (including phenoxy) is 1. The molecule has 0 N–H and O–H groups in total. The summed E-state index contributed by atoms with van der Waals surface area (Å²) >= 11 is 0. The third kappa shape index (κ3) is 5.64. The van der Waals surface area contributed by atoms with Crippen LogP contribution in [0.2, 0.25) is 0 Å². The molecule has 0 amide bonds. The zero-order valence-electron chi connectivity index (χ0n) is 13.2. The number of rotatable bonds is 6. The quantitative estimate of drug-likeness (QED) is 0.641. The van der Waals surface area contributed by atoms with E-state index in [9.17, 15) is 13.2 Å². The van der Waals surface area contributed by atoms with Crippen LogP contribution < -0.4 is 0 Å². The Balaban J connectivity index is 1.80. The summed E-state index contributed by atoms with van der Waals surface area (Å²) in [6.07, 6.45) is 3.41. The standard InChI is InChI=1S/C18H25F3O/c1-2-3-14-4-8-16(9-5-14)17-10-6-15(7-11-17)12-22-13-18(19,20)21/h6-7,10-11,14,16H,2-5,8-9,12-13H2,1H3. The van der Waals surface area contributed by atoms with Gasteiger partial charge in [-0.15, -0.1) is 0 Å². The summed E-state index contributed by atoms with van der Waals surface area (Å²) in [6.45, 7) is 1.07. The molecular formula is C18H25F3O. The van der Waals surface area contributed by atoms with Crippen molar-refractivity contribution < 1.29 is 17.9 Å². The zero-order valence-corrected chi connectivity index (χ0v) is 13.2. The zero-order chi connectivity index (χ0) is 16.0. The maximum Gasteiger partial charge on any atom is 0.411 e. The third-order valence-electron chi connectivity index (χ3n) is 4.53. The van der Waals surface area contributed by atoms with Crippen LogP contribution in [0, 0.1) is 5.92 Å². The second-order valence-corrected chi connectivity index (χ2v) is 6.36. The van der Waals surface area contributed by atoms with Crippen LogP contribution in [0.3, 0.4) is 0 Å². The van der Waals surface area contributed by atoms with Crippen molar-refractivity contribution in [2.45, 2.75) is 64.1 Å². The Morgan fingerprint density at radius 2 is 1.68 bits per heavy atom. The molecule has 0 heterocycles. The van der Waals surface area contributed by atoms with Gasteiger partial charge in [-0.1, -0.05) is 44.0 Å². The predicted molar refractivity (Wildman–Crippen MR) is 81.8 cm³/mol. The van der Waals surface area contributed by atoms with Crippen LogP contribution in [0.1, 0.15) is 62.5 Å². The number of hydrogen-bond donors (Lipinski definition) is 0. The van der Waals surface area contributed by atoms with E-state index in [0.29, 0.717) is 5.92 Å². The van der Waals surface area contributed by atoms with E-state index in [2.05, 4.69) is 23.8 Å². The topological polar surface area (TPSA) is 9.23 Å². The van der Waals surface area contributed by atoms with E-state index in [0.717, 1.165) is 11.5 Å². The van der Waals surface area contributed by atoms with Gasteiger partial charge in [0.15, 0.2) is 0 Å². The van der Waals surface area contributed by atoms with Gasteiger partial charge in [-0.25, -0.2) is 0 Å². The summed E-state index contributed by atoms with van der Waals surface area (Å²) in [5.74, 6) is 1.49. The van der Waals surface area contributed by atoms with Crippen molar-refractivity contribution in [3.63, 3.8) is 0 Å². The van der Waals surface area contributed by atoms with E-state index in [1.807, 2.05) is 12.1 Å². The van der Waals surface area contributed by atoms with Crippen LogP contribution in [-0.2, 0) is 11.3 Å². The number of halogens is 3. The third-order valence-corrected chi connectivity index (χ3v) is 4.53. The molecule has 1 aliphatic rings. The molecule has 124 valence electrons. The van der Waals surface area contributed by atoms with Crippen molar-refractivity contribution in [2.75, 3.05) is 6.61 Å². The van der Waals surface area contributed by atoms with E-state index in [1.54, 1.807) is 0 Å². The van der Waals surface area contributed by atoms with Gasteiger partial charge in [0.1, 0.15) is 6.61 Å². The fraction of sp³-hybridized carbons (Fsp3) is 0.667. The molecular weight excluding hydrogens is 289 g/mol. The van der Waals surface area contributed by atoms with Crippen LogP contribution in [0.25, 0.3) is 0 Å². The fourth-order valence-electron chi connectivity index (χ4n) is 3.36. The minimum Gasteiger partial charge on any atom is -0.367 e. The average Bonchev–Trinajstić information content (AvgIpc) is 2.48. The molecule has 2 rings (SSSR count). The molecule has 4 heteroatoms. The summed E-state index contributed by atoms with van der Waals surface area (Å²) < 4.78 is 40.8.